The highest BCUT2D eigenvalue weighted by Gasteiger charge is 2.22. The van der Waals surface area contributed by atoms with E-state index in [4.69, 9.17) is 4.74 Å². The van der Waals surface area contributed by atoms with E-state index < -0.39 is 5.82 Å². The predicted molar refractivity (Wildman–Crippen MR) is 105 cm³/mol. The molecule has 3 aromatic rings. The van der Waals surface area contributed by atoms with Crippen molar-refractivity contribution in [3.05, 3.63) is 48.2 Å². The van der Waals surface area contributed by atoms with Gasteiger partial charge in [-0.2, -0.15) is 14.6 Å². The highest BCUT2D eigenvalue weighted by Crippen LogP contribution is 2.19. The average molecular weight is 399 g/mol. The van der Waals surface area contributed by atoms with Crippen molar-refractivity contribution in [1.29, 1.82) is 0 Å². The number of nitrogens with zero attached hydrogens (tertiary/aromatic N) is 6. The van der Waals surface area contributed by atoms with Crippen molar-refractivity contribution in [3.8, 4) is 0 Å². The van der Waals surface area contributed by atoms with E-state index in [9.17, 15) is 9.18 Å². The Bertz CT molecular complexity index is 1000. The van der Waals surface area contributed by atoms with E-state index in [1.54, 1.807) is 29.8 Å². The first-order valence-electron chi connectivity index (χ1n) is 9.34. The SMILES string of the molecule is COCc1cc(N2CCN(CC(=O)Nc3ccccc3F)CC2)n2ncnc2n1. The molecule has 152 valence electrons. The lowest BCUT2D eigenvalue weighted by Gasteiger charge is -2.35. The van der Waals surface area contributed by atoms with Crippen molar-refractivity contribution in [2.45, 2.75) is 6.61 Å². The summed E-state index contributed by atoms with van der Waals surface area (Å²) < 4.78 is 20.6. The predicted octanol–water partition coefficient (Wildman–Crippen LogP) is 1.17. The number of nitrogens with one attached hydrogen (secondary N) is 1. The number of aromatic nitrogens is 4. The van der Waals surface area contributed by atoms with Gasteiger partial charge in [-0.05, 0) is 12.1 Å². The molecule has 1 aliphatic rings. The Hall–Kier alpha value is -3.11. The summed E-state index contributed by atoms with van der Waals surface area (Å²) in [5.41, 5.74) is 0.988. The van der Waals surface area contributed by atoms with Crippen molar-refractivity contribution < 1.29 is 13.9 Å². The largest absolute Gasteiger partial charge is 0.378 e. The smallest absolute Gasteiger partial charge is 0.254 e. The van der Waals surface area contributed by atoms with Crippen LogP contribution in [0.5, 0.6) is 0 Å². The number of fused-ring (bicyclic) bond motifs is 1. The third-order valence-corrected chi connectivity index (χ3v) is 4.79. The van der Waals surface area contributed by atoms with E-state index in [1.807, 2.05) is 11.0 Å². The molecule has 0 atom stereocenters. The molecule has 3 heterocycles. The molecule has 1 N–H and O–H groups in total. The van der Waals surface area contributed by atoms with Crippen molar-refractivity contribution in [1.82, 2.24) is 24.5 Å². The fourth-order valence-corrected chi connectivity index (χ4v) is 3.38. The number of hydrogen-bond acceptors (Lipinski definition) is 7. The van der Waals surface area contributed by atoms with Crippen LogP contribution in [0.15, 0.2) is 36.7 Å². The molecule has 9 nitrogen and oxygen atoms in total. The molecule has 0 bridgehead atoms. The molecule has 1 amide bonds. The summed E-state index contributed by atoms with van der Waals surface area (Å²) in [5, 5.41) is 6.89. The molecule has 0 spiro atoms. The van der Waals surface area contributed by atoms with Gasteiger partial charge in [-0.15, -0.1) is 0 Å². The Kier molecular flexibility index (Phi) is 5.63. The number of piperazine rings is 1. The van der Waals surface area contributed by atoms with Gasteiger partial charge < -0.3 is 15.0 Å². The monoisotopic (exact) mass is 399 g/mol. The maximum Gasteiger partial charge on any atom is 0.254 e. The quantitative estimate of drug-likeness (QED) is 0.666. The lowest BCUT2D eigenvalue weighted by atomic mass is 10.2. The average Bonchev–Trinajstić information content (AvgIpc) is 3.19. The fourth-order valence-electron chi connectivity index (χ4n) is 3.38. The van der Waals surface area contributed by atoms with Gasteiger partial charge in [0.25, 0.3) is 5.78 Å². The summed E-state index contributed by atoms with van der Waals surface area (Å²) in [6, 6.07) is 8.11. The molecule has 4 rings (SSSR count). The molecule has 0 aliphatic carbocycles. The number of benzene rings is 1. The van der Waals surface area contributed by atoms with Gasteiger partial charge >= 0.3 is 0 Å². The molecular formula is C19H22FN7O2. The number of para-hydroxylation sites is 1. The zero-order valence-corrected chi connectivity index (χ0v) is 16.1. The molecule has 1 aromatic carbocycles. The molecule has 29 heavy (non-hydrogen) atoms. The number of amides is 1. The number of anilines is 2. The van der Waals surface area contributed by atoms with Gasteiger partial charge in [0.15, 0.2) is 0 Å². The minimum atomic E-state index is -0.438. The summed E-state index contributed by atoms with van der Waals surface area (Å²) in [7, 11) is 1.63. The minimum Gasteiger partial charge on any atom is -0.378 e. The van der Waals surface area contributed by atoms with Crippen molar-refractivity contribution in [2.75, 3.05) is 50.1 Å². The highest BCUT2D eigenvalue weighted by molar-refractivity contribution is 5.92. The Morgan fingerprint density at radius 2 is 2.03 bits per heavy atom. The number of carbonyl (C=O) groups excluding carboxylic acids is 1. The van der Waals surface area contributed by atoms with E-state index >= 15 is 0 Å². The Balaban J connectivity index is 1.38. The first-order chi connectivity index (χ1) is 14.1. The number of carbonyl (C=O) groups is 1. The number of halogens is 1. The molecule has 1 aliphatic heterocycles. The second kappa shape index (κ2) is 8.50. The van der Waals surface area contributed by atoms with Crippen molar-refractivity contribution >= 4 is 23.2 Å². The number of methoxy groups -OCH3 is 1. The summed E-state index contributed by atoms with van der Waals surface area (Å²) >= 11 is 0. The third kappa shape index (κ3) is 4.33. The van der Waals surface area contributed by atoms with Gasteiger partial charge in [0.05, 0.1) is 24.5 Å². The molecule has 2 aromatic heterocycles. The van der Waals surface area contributed by atoms with Gasteiger partial charge in [0.2, 0.25) is 5.91 Å². The van der Waals surface area contributed by atoms with Crippen LogP contribution in [0, 0.1) is 5.82 Å². The Morgan fingerprint density at radius 3 is 2.79 bits per heavy atom. The molecule has 0 unspecified atom stereocenters. The number of rotatable bonds is 6. The van der Waals surface area contributed by atoms with Gasteiger partial charge in [-0.1, -0.05) is 12.1 Å². The summed E-state index contributed by atoms with van der Waals surface area (Å²) in [4.78, 5) is 25.1. The zero-order chi connectivity index (χ0) is 20.2. The Labute approximate surface area is 167 Å². The van der Waals surface area contributed by atoms with E-state index in [0.29, 0.717) is 25.5 Å². The lowest BCUT2D eigenvalue weighted by Crippen LogP contribution is -2.49. The molecular weight excluding hydrogens is 377 g/mol. The Morgan fingerprint density at radius 1 is 1.24 bits per heavy atom. The second-order valence-electron chi connectivity index (χ2n) is 6.80. The molecule has 0 radical (unpaired) electrons. The first-order valence-corrected chi connectivity index (χ1v) is 9.34. The van der Waals surface area contributed by atoms with Crippen LogP contribution in [-0.2, 0) is 16.1 Å². The summed E-state index contributed by atoms with van der Waals surface area (Å²) in [6.45, 7) is 3.45. The highest BCUT2D eigenvalue weighted by atomic mass is 19.1. The number of hydrogen-bond donors (Lipinski definition) is 1. The first kappa shape index (κ1) is 19.2. The van der Waals surface area contributed by atoms with E-state index in [1.165, 1.54) is 12.4 Å². The van der Waals surface area contributed by atoms with E-state index in [-0.39, 0.29) is 18.1 Å². The van der Waals surface area contributed by atoms with Crippen LogP contribution in [0.3, 0.4) is 0 Å². The maximum atomic E-state index is 13.7. The summed E-state index contributed by atoms with van der Waals surface area (Å²) in [6.07, 6.45) is 1.48. The van der Waals surface area contributed by atoms with E-state index in [0.717, 1.165) is 24.6 Å². The molecule has 1 fully saturated rings. The maximum absolute atomic E-state index is 13.7. The standard InChI is InChI=1S/C19H22FN7O2/c1-29-12-14-10-18(27-19(23-14)21-13-22-27)26-8-6-25(7-9-26)11-17(28)24-16-5-3-2-4-15(16)20/h2-5,10,13H,6-9,11-12H2,1H3,(H,24,28). The topological polar surface area (TPSA) is 87.9 Å². The third-order valence-electron chi connectivity index (χ3n) is 4.79. The fraction of sp³-hybridized carbons (Fsp3) is 0.368. The lowest BCUT2D eigenvalue weighted by molar-refractivity contribution is -0.117. The van der Waals surface area contributed by atoms with Gasteiger partial charge in [-0.3, -0.25) is 9.69 Å². The minimum absolute atomic E-state index is 0.201. The molecule has 1 saturated heterocycles. The van der Waals surface area contributed by atoms with Crippen LogP contribution in [0.4, 0.5) is 15.9 Å². The van der Waals surface area contributed by atoms with Crippen molar-refractivity contribution in [2.24, 2.45) is 0 Å². The molecule has 10 heteroatoms. The summed E-state index contributed by atoms with van der Waals surface area (Å²) in [5.74, 6) is 0.761. The van der Waals surface area contributed by atoms with Crippen LogP contribution in [0.1, 0.15) is 5.69 Å². The van der Waals surface area contributed by atoms with Crippen LogP contribution in [0.2, 0.25) is 0 Å². The van der Waals surface area contributed by atoms with Gasteiger partial charge in [0.1, 0.15) is 18.0 Å². The second-order valence-corrected chi connectivity index (χ2v) is 6.80. The zero-order valence-electron chi connectivity index (χ0n) is 16.1. The van der Waals surface area contributed by atoms with Crippen LogP contribution < -0.4 is 10.2 Å². The molecule has 0 saturated carbocycles. The number of ether oxygens (including phenoxy) is 1. The van der Waals surface area contributed by atoms with Crippen molar-refractivity contribution in [3.63, 3.8) is 0 Å². The van der Waals surface area contributed by atoms with Crippen LogP contribution >= 0.6 is 0 Å². The normalized spacial score (nSPS) is 15.0. The van der Waals surface area contributed by atoms with E-state index in [2.05, 4.69) is 25.3 Å². The van der Waals surface area contributed by atoms with Gasteiger partial charge in [0, 0.05) is 39.4 Å². The van der Waals surface area contributed by atoms with Crippen LogP contribution in [0.25, 0.3) is 5.78 Å². The van der Waals surface area contributed by atoms with Gasteiger partial charge in [-0.25, -0.2) is 9.37 Å². The van der Waals surface area contributed by atoms with Crippen LogP contribution in [-0.4, -0.2) is 70.2 Å².